The molecule has 8 heteroatoms. The van der Waals surface area contributed by atoms with Crippen molar-refractivity contribution in [1.29, 1.82) is 0 Å². The summed E-state index contributed by atoms with van der Waals surface area (Å²) < 4.78 is 28.7. The van der Waals surface area contributed by atoms with E-state index >= 15 is 0 Å². The molecule has 6 nitrogen and oxygen atoms in total. The zero-order valence-corrected chi connectivity index (χ0v) is 16.2. The Bertz CT molecular complexity index is 1280. The van der Waals surface area contributed by atoms with Crippen LogP contribution in [0, 0.1) is 11.6 Å². The first-order valence-electron chi connectivity index (χ1n) is 9.81. The van der Waals surface area contributed by atoms with Gasteiger partial charge in [-0.3, -0.25) is 4.79 Å². The van der Waals surface area contributed by atoms with E-state index in [1.807, 2.05) is 24.3 Å². The summed E-state index contributed by atoms with van der Waals surface area (Å²) in [5.74, 6) is -1.70. The number of aromatic nitrogens is 2. The van der Waals surface area contributed by atoms with E-state index in [0.717, 1.165) is 12.0 Å². The monoisotopic (exact) mass is 420 g/mol. The van der Waals surface area contributed by atoms with Crippen LogP contribution < -0.4 is 10.6 Å². The summed E-state index contributed by atoms with van der Waals surface area (Å²) in [5.41, 5.74) is 2.26. The first kappa shape index (κ1) is 19.0. The molecule has 0 saturated carbocycles. The highest BCUT2D eigenvalue weighted by molar-refractivity contribution is 5.99. The van der Waals surface area contributed by atoms with E-state index in [-0.39, 0.29) is 29.0 Å². The Kier molecular flexibility index (Phi) is 4.54. The van der Waals surface area contributed by atoms with Crippen molar-refractivity contribution in [3.63, 3.8) is 0 Å². The number of amides is 1. The number of halogens is 2. The fraction of sp³-hybridized carbons (Fsp3) is 0.130. The number of aromatic hydroxyl groups is 1. The van der Waals surface area contributed by atoms with Gasteiger partial charge in [-0.2, -0.15) is 0 Å². The molecule has 1 atom stereocenters. The molecule has 1 unspecified atom stereocenters. The molecule has 1 aliphatic rings. The Hall–Kier alpha value is -3.94. The predicted octanol–water partition coefficient (Wildman–Crippen LogP) is 4.56. The molecule has 1 aliphatic heterocycles. The van der Waals surface area contributed by atoms with E-state index in [1.165, 1.54) is 30.5 Å². The van der Waals surface area contributed by atoms with Crippen molar-refractivity contribution in [2.75, 3.05) is 11.9 Å². The molecule has 31 heavy (non-hydrogen) atoms. The van der Waals surface area contributed by atoms with Crippen molar-refractivity contribution >= 4 is 28.2 Å². The van der Waals surface area contributed by atoms with E-state index in [2.05, 4.69) is 20.6 Å². The van der Waals surface area contributed by atoms with Gasteiger partial charge in [-0.05, 0) is 42.3 Å². The number of carbonyl (C=O) groups excluding carboxylic acids is 1. The molecule has 2 aromatic carbocycles. The minimum Gasteiger partial charge on any atom is -0.494 e. The maximum Gasteiger partial charge on any atom is 0.227 e. The van der Waals surface area contributed by atoms with Gasteiger partial charge < -0.3 is 20.7 Å². The Morgan fingerprint density at radius 2 is 1.84 bits per heavy atom. The lowest BCUT2D eigenvalue weighted by atomic mass is 9.97. The minimum absolute atomic E-state index is 0.0188. The summed E-state index contributed by atoms with van der Waals surface area (Å²) in [4.78, 5) is 18.9. The fourth-order valence-corrected chi connectivity index (χ4v) is 3.96. The van der Waals surface area contributed by atoms with E-state index in [4.69, 9.17) is 0 Å². The van der Waals surface area contributed by atoms with Gasteiger partial charge in [0.05, 0.1) is 33.8 Å². The van der Waals surface area contributed by atoms with Gasteiger partial charge in [0.25, 0.3) is 0 Å². The number of H-pyrrole nitrogens is 1. The number of hydrogen-bond donors (Lipinski definition) is 4. The number of anilines is 2. The number of hydrogen-bond acceptors (Lipinski definition) is 4. The zero-order chi connectivity index (χ0) is 21.5. The molecular weight excluding hydrogens is 402 g/mol. The molecule has 0 bridgehead atoms. The summed E-state index contributed by atoms with van der Waals surface area (Å²) in [7, 11) is 0. The molecule has 1 saturated heterocycles. The van der Waals surface area contributed by atoms with E-state index in [1.54, 1.807) is 0 Å². The predicted molar refractivity (Wildman–Crippen MR) is 113 cm³/mol. The van der Waals surface area contributed by atoms with Crippen LogP contribution in [0.3, 0.4) is 0 Å². The van der Waals surface area contributed by atoms with Crippen LogP contribution in [0.1, 0.15) is 17.9 Å². The first-order chi connectivity index (χ1) is 15.0. The molecule has 2 aromatic heterocycles. The first-order valence-corrected chi connectivity index (χ1v) is 9.81. The molecule has 4 N–H and O–H groups in total. The van der Waals surface area contributed by atoms with Crippen LogP contribution >= 0.6 is 0 Å². The van der Waals surface area contributed by atoms with Crippen molar-refractivity contribution in [2.24, 2.45) is 0 Å². The standard InChI is InChI=1S/C23H18F2N4O2/c24-15-2-1-3-16(25)20(15)17-10-18(21-19(29-17)11-27-23(21)31)28-13-6-4-12(5-7-13)14-8-9-26-22(14)30/h1-7,10-11,14,27-28,31H,8-9H2,(H,26,30). The third-order valence-electron chi connectivity index (χ3n) is 5.49. The summed E-state index contributed by atoms with van der Waals surface area (Å²) in [6.07, 6.45) is 2.23. The quantitative estimate of drug-likeness (QED) is 0.390. The van der Waals surface area contributed by atoms with Gasteiger partial charge in [0.1, 0.15) is 11.6 Å². The van der Waals surface area contributed by atoms with Crippen molar-refractivity contribution in [2.45, 2.75) is 12.3 Å². The number of aromatic amines is 1. The van der Waals surface area contributed by atoms with Crippen LogP contribution in [0.25, 0.3) is 22.2 Å². The molecule has 1 amide bonds. The van der Waals surface area contributed by atoms with Gasteiger partial charge in [-0.1, -0.05) is 18.2 Å². The molecule has 4 aromatic rings. The number of benzene rings is 2. The van der Waals surface area contributed by atoms with Crippen LogP contribution in [0.4, 0.5) is 20.2 Å². The molecule has 0 radical (unpaired) electrons. The van der Waals surface area contributed by atoms with Gasteiger partial charge >= 0.3 is 0 Å². The summed E-state index contributed by atoms with van der Waals surface area (Å²) >= 11 is 0. The molecule has 5 rings (SSSR count). The smallest absolute Gasteiger partial charge is 0.227 e. The molecule has 0 aliphatic carbocycles. The number of nitrogens with zero attached hydrogens (tertiary/aromatic N) is 1. The third-order valence-corrected chi connectivity index (χ3v) is 5.49. The molecule has 3 heterocycles. The van der Waals surface area contributed by atoms with E-state index < -0.39 is 11.6 Å². The van der Waals surface area contributed by atoms with Crippen LogP contribution in [0.2, 0.25) is 0 Å². The van der Waals surface area contributed by atoms with E-state index in [9.17, 15) is 18.7 Å². The lowest BCUT2D eigenvalue weighted by Crippen LogP contribution is -2.17. The number of carbonyl (C=O) groups is 1. The highest BCUT2D eigenvalue weighted by atomic mass is 19.1. The number of rotatable bonds is 4. The van der Waals surface area contributed by atoms with Crippen molar-refractivity contribution in [3.8, 4) is 17.1 Å². The van der Waals surface area contributed by atoms with Crippen LogP contribution in [-0.4, -0.2) is 27.5 Å². The number of fused-ring (bicyclic) bond motifs is 1. The third kappa shape index (κ3) is 3.35. The van der Waals surface area contributed by atoms with Gasteiger partial charge in [0.2, 0.25) is 5.91 Å². The molecule has 0 spiro atoms. The maximum absolute atomic E-state index is 14.3. The summed E-state index contributed by atoms with van der Waals surface area (Å²) in [6.45, 7) is 0.667. The van der Waals surface area contributed by atoms with Gasteiger partial charge in [0.15, 0.2) is 5.88 Å². The van der Waals surface area contributed by atoms with Crippen LogP contribution in [-0.2, 0) is 4.79 Å². The summed E-state index contributed by atoms with van der Waals surface area (Å²) in [5, 5.41) is 16.6. The Balaban J connectivity index is 1.55. The van der Waals surface area contributed by atoms with Crippen LogP contribution in [0.15, 0.2) is 54.7 Å². The largest absolute Gasteiger partial charge is 0.494 e. The zero-order valence-electron chi connectivity index (χ0n) is 16.2. The molecule has 156 valence electrons. The van der Waals surface area contributed by atoms with Gasteiger partial charge in [0, 0.05) is 18.4 Å². The van der Waals surface area contributed by atoms with Gasteiger partial charge in [-0.15, -0.1) is 0 Å². The van der Waals surface area contributed by atoms with Crippen molar-refractivity contribution in [3.05, 3.63) is 71.9 Å². The molecular formula is C23H18F2N4O2. The number of pyridine rings is 1. The minimum atomic E-state index is -0.725. The second kappa shape index (κ2) is 7.39. The lowest BCUT2D eigenvalue weighted by molar-refractivity contribution is -0.120. The number of nitrogens with one attached hydrogen (secondary N) is 3. The van der Waals surface area contributed by atoms with Crippen molar-refractivity contribution in [1.82, 2.24) is 15.3 Å². The highest BCUT2D eigenvalue weighted by Crippen LogP contribution is 2.37. The Labute approximate surface area is 175 Å². The van der Waals surface area contributed by atoms with Crippen molar-refractivity contribution < 1.29 is 18.7 Å². The molecule has 1 fully saturated rings. The fourth-order valence-electron chi connectivity index (χ4n) is 3.96. The topological polar surface area (TPSA) is 90.0 Å². The summed E-state index contributed by atoms with van der Waals surface area (Å²) in [6, 6.07) is 12.5. The Morgan fingerprint density at radius 1 is 1.10 bits per heavy atom. The van der Waals surface area contributed by atoms with E-state index in [0.29, 0.717) is 28.8 Å². The normalized spacial score (nSPS) is 15.9. The van der Waals surface area contributed by atoms with Crippen LogP contribution in [0.5, 0.6) is 5.88 Å². The van der Waals surface area contributed by atoms with Gasteiger partial charge in [-0.25, -0.2) is 13.8 Å². The average molecular weight is 420 g/mol. The highest BCUT2D eigenvalue weighted by Gasteiger charge is 2.25. The maximum atomic E-state index is 14.3. The second-order valence-electron chi connectivity index (χ2n) is 7.43. The Morgan fingerprint density at radius 3 is 2.52 bits per heavy atom. The lowest BCUT2D eigenvalue weighted by Gasteiger charge is -2.13. The average Bonchev–Trinajstić information content (AvgIpc) is 3.34. The SMILES string of the molecule is O=C1NCCC1c1ccc(Nc2cc(-c3c(F)cccc3F)nc3c[nH]c(O)c23)cc1. The second-order valence-corrected chi connectivity index (χ2v) is 7.43.